The second kappa shape index (κ2) is 13.7. The molecule has 5 aromatic carbocycles. The monoisotopic (exact) mass is 564 g/mol. The SMILES string of the molecule is O=[PH](c1ccccc1)N(CCN(Cc1ccccc1)P(=O)(c1ccccc1)c1ccccc1)Cc1ccccc1. The molecule has 0 amide bonds. The van der Waals surface area contributed by atoms with Gasteiger partial charge in [-0.05, 0) is 35.4 Å². The molecule has 5 aromatic rings. The van der Waals surface area contributed by atoms with Gasteiger partial charge in [-0.1, -0.05) is 127 Å². The van der Waals surface area contributed by atoms with E-state index in [1.165, 1.54) is 0 Å². The van der Waals surface area contributed by atoms with Crippen molar-refractivity contribution in [3.63, 3.8) is 0 Å². The second-order valence-corrected chi connectivity index (χ2v) is 14.3. The van der Waals surface area contributed by atoms with Gasteiger partial charge in [-0.2, -0.15) is 0 Å². The van der Waals surface area contributed by atoms with Gasteiger partial charge in [0.1, 0.15) is 0 Å². The van der Waals surface area contributed by atoms with E-state index in [4.69, 9.17) is 0 Å². The molecule has 0 N–H and O–H groups in total. The fourth-order valence-electron chi connectivity index (χ4n) is 4.91. The highest BCUT2D eigenvalue weighted by Gasteiger charge is 2.35. The van der Waals surface area contributed by atoms with Crippen molar-refractivity contribution in [1.82, 2.24) is 9.34 Å². The summed E-state index contributed by atoms with van der Waals surface area (Å²) < 4.78 is 33.5. The number of nitrogens with zero attached hydrogens (tertiary/aromatic N) is 2. The first-order valence-corrected chi connectivity index (χ1v) is 16.5. The zero-order valence-corrected chi connectivity index (χ0v) is 24.3. The molecule has 6 heteroatoms. The standard InChI is InChI=1S/C34H34N2O2P2/c37-39(32-20-10-3-11-21-32)35(28-30-16-6-1-7-17-30)26-27-36(29-31-18-8-2-9-19-31)40(38,33-22-12-4-13-23-33)34-24-14-5-15-25-34/h1-25,39H,26-29H2. The predicted octanol–water partition coefficient (Wildman–Crippen LogP) is 6.72. The van der Waals surface area contributed by atoms with Crippen LogP contribution in [-0.4, -0.2) is 22.4 Å². The van der Waals surface area contributed by atoms with Crippen LogP contribution in [0.25, 0.3) is 0 Å². The van der Waals surface area contributed by atoms with Crippen molar-refractivity contribution in [2.45, 2.75) is 13.1 Å². The highest BCUT2D eigenvalue weighted by atomic mass is 31.2. The average molecular weight is 565 g/mol. The third-order valence-electron chi connectivity index (χ3n) is 6.97. The molecule has 0 aliphatic heterocycles. The van der Waals surface area contributed by atoms with Crippen molar-refractivity contribution in [2.24, 2.45) is 0 Å². The molecule has 202 valence electrons. The van der Waals surface area contributed by atoms with Crippen molar-refractivity contribution < 1.29 is 9.13 Å². The maximum atomic E-state index is 15.4. The quantitative estimate of drug-likeness (QED) is 0.158. The molecule has 0 spiro atoms. The van der Waals surface area contributed by atoms with Crippen molar-refractivity contribution in [3.8, 4) is 0 Å². The Morgan fingerprint density at radius 1 is 0.500 bits per heavy atom. The molecule has 0 aliphatic carbocycles. The number of benzene rings is 5. The van der Waals surface area contributed by atoms with Crippen LogP contribution < -0.4 is 15.9 Å². The van der Waals surface area contributed by atoms with Crippen LogP contribution in [0.5, 0.6) is 0 Å². The van der Waals surface area contributed by atoms with E-state index in [0.717, 1.165) is 27.0 Å². The van der Waals surface area contributed by atoms with E-state index >= 15 is 4.57 Å². The molecule has 0 radical (unpaired) electrons. The summed E-state index contributed by atoms with van der Waals surface area (Å²) in [6.45, 7) is 2.03. The van der Waals surface area contributed by atoms with E-state index in [2.05, 4.69) is 28.9 Å². The minimum absolute atomic E-state index is 0.478. The first-order valence-electron chi connectivity index (χ1n) is 13.5. The highest BCUT2D eigenvalue weighted by molar-refractivity contribution is 7.76. The molecule has 0 aromatic heterocycles. The molecule has 0 saturated heterocycles. The molecule has 1 unspecified atom stereocenters. The lowest BCUT2D eigenvalue weighted by atomic mass is 10.2. The minimum atomic E-state index is -3.22. The van der Waals surface area contributed by atoms with Crippen LogP contribution in [0.3, 0.4) is 0 Å². The fourth-order valence-corrected chi connectivity index (χ4v) is 9.21. The lowest BCUT2D eigenvalue weighted by Crippen LogP contribution is -2.37. The topological polar surface area (TPSA) is 40.6 Å². The molecule has 0 fully saturated rings. The molecule has 1 atom stereocenters. The highest BCUT2D eigenvalue weighted by Crippen LogP contribution is 2.48. The summed E-state index contributed by atoms with van der Waals surface area (Å²) in [6, 6.07) is 49.5. The second-order valence-electron chi connectivity index (χ2n) is 9.70. The normalized spacial score (nSPS) is 12.4. The van der Waals surface area contributed by atoms with E-state index in [1.807, 2.05) is 132 Å². The zero-order chi connectivity index (χ0) is 27.6. The summed E-state index contributed by atoms with van der Waals surface area (Å²) in [5.74, 6) is 0. The molecule has 40 heavy (non-hydrogen) atoms. The Hall–Kier alpha value is -3.52. The van der Waals surface area contributed by atoms with Crippen LogP contribution in [0.15, 0.2) is 152 Å². The first-order chi connectivity index (χ1) is 19.6. The Bertz CT molecular complexity index is 1490. The van der Waals surface area contributed by atoms with E-state index in [0.29, 0.717) is 26.2 Å². The van der Waals surface area contributed by atoms with Crippen molar-refractivity contribution in [2.75, 3.05) is 13.1 Å². The fraction of sp³-hybridized carbons (Fsp3) is 0.118. The average Bonchev–Trinajstić information content (AvgIpc) is 3.04. The molecule has 0 saturated carbocycles. The van der Waals surface area contributed by atoms with Gasteiger partial charge in [-0.3, -0.25) is 4.57 Å². The smallest absolute Gasteiger partial charge is 0.207 e. The van der Waals surface area contributed by atoms with Crippen LogP contribution in [-0.2, 0) is 22.2 Å². The molecule has 5 rings (SSSR count). The van der Waals surface area contributed by atoms with Gasteiger partial charge in [0.15, 0.2) is 7.95 Å². The lowest BCUT2D eigenvalue weighted by Gasteiger charge is -2.34. The van der Waals surface area contributed by atoms with Gasteiger partial charge < -0.3 is 4.57 Å². The van der Waals surface area contributed by atoms with Gasteiger partial charge in [0.2, 0.25) is 7.29 Å². The third-order valence-corrected chi connectivity index (χ3v) is 11.9. The van der Waals surface area contributed by atoms with Gasteiger partial charge in [-0.25, -0.2) is 9.34 Å². The number of hydrogen-bond donors (Lipinski definition) is 0. The van der Waals surface area contributed by atoms with E-state index in [-0.39, 0.29) is 0 Å². The van der Waals surface area contributed by atoms with Crippen molar-refractivity contribution >= 4 is 31.2 Å². The Kier molecular flexibility index (Phi) is 9.60. The Morgan fingerprint density at radius 3 is 1.38 bits per heavy atom. The van der Waals surface area contributed by atoms with Crippen molar-refractivity contribution in [3.05, 3.63) is 163 Å². The largest absolute Gasteiger partial charge is 0.305 e. The maximum absolute atomic E-state index is 15.4. The summed E-state index contributed by atoms with van der Waals surface area (Å²) in [5, 5.41) is 2.41. The molecule has 4 nitrogen and oxygen atoms in total. The number of rotatable bonds is 12. The molecular weight excluding hydrogens is 530 g/mol. The molecule has 0 bridgehead atoms. The van der Waals surface area contributed by atoms with Crippen LogP contribution in [0.4, 0.5) is 0 Å². The van der Waals surface area contributed by atoms with Crippen LogP contribution in [0.1, 0.15) is 11.1 Å². The van der Waals surface area contributed by atoms with Gasteiger partial charge in [0, 0.05) is 42.1 Å². The molecule has 0 heterocycles. The molecule has 0 aliphatic rings. The molecular formula is C34H34N2O2P2. The summed E-state index contributed by atoms with van der Waals surface area (Å²) in [6.07, 6.45) is 0. The maximum Gasteiger partial charge on any atom is 0.207 e. The van der Waals surface area contributed by atoms with Crippen LogP contribution in [0.2, 0.25) is 0 Å². The van der Waals surface area contributed by atoms with E-state index < -0.39 is 15.2 Å². The minimum Gasteiger partial charge on any atom is -0.305 e. The van der Waals surface area contributed by atoms with Gasteiger partial charge in [0.05, 0.1) is 0 Å². The van der Waals surface area contributed by atoms with E-state index in [1.54, 1.807) is 0 Å². The van der Waals surface area contributed by atoms with Gasteiger partial charge in [0.25, 0.3) is 0 Å². The van der Waals surface area contributed by atoms with Crippen molar-refractivity contribution in [1.29, 1.82) is 0 Å². The predicted molar refractivity (Wildman–Crippen MR) is 169 cm³/mol. The summed E-state index contributed by atoms with van der Waals surface area (Å²) >= 11 is 0. The number of hydrogen-bond acceptors (Lipinski definition) is 2. The lowest BCUT2D eigenvalue weighted by molar-refractivity contribution is 0.347. The third kappa shape index (κ3) is 6.78. The van der Waals surface area contributed by atoms with E-state index in [9.17, 15) is 4.57 Å². The van der Waals surface area contributed by atoms with Crippen LogP contribution >= 0.6 is 15.2 Å². The Labute approximate surface area is 238 Å². The first kappa shape index (κ1) is 28.0. The van der Waals surface area contributed by atoms with Gasteiger partial charge in [-0.15, -0.1) is 0 Å². The zero-order valence-electron chi connectivity index (χ0n) is 22.4. The van der Waals surface area contributed by atoms with Gasteiger partial charge >= 0.3 is 0 Å². The summed E-state index contributed by atoms with van der Waals surface area (Å²) in [5.41, 5.74) is 2.18. The Balaban J connectivity index is 1.53. The summed E-state index contributed by atoms with van der Waals surface area (Å²) in [7, 11) is -5.50. The van der Waals surface area contributed by atoms with Crippen LogP contribution in [0, 0.1) is 0 Å². The Morgan fingerprint density at radius 2 is 0.900 bits per heavy atom. The summed E-state index contributed by atoms with van der Waals surface area (Å²) in [4.78, 5) is 0.